The number of nitrogens with zero attached hydrogens (tertiary/aromatic N) is 4. The molecule has 0 atom stereocenters. The standard InChI is InChI=1S/C61H36N4S/c1-2-16-38(17-3-1)59-62-60(64-61(63-59)57-44-22-9-7-20-41(44)33-42-21-8-10-23-45(42)57)43-30-32-53(65-52-27-13-12-25-47(52)50-34-39-18-4-5-19-40(39)36-54(50)65)51(35-43)48-26-14-28-55-56(48)49-31-29-37-15-6-11-24-46(37)58(49)66-55/h1-36H. The molecule has 0 saturated heterocycles. The number of fused-ring (bicyclic) bond motifs is 11. The van der Waals surface area contributed by atoms with Gasteiger partial charge in [-0.3, -0.25) is 0 Å². The van der Waals surface area contributed by atoms with Crippen LogP contribution in [0.2, 0.25) is 0 Å². The van der Waals surface area contributed by atoms with Gasteiger partial charge in [-0.05, 0) is 97.2 Å². The first-order valence-electron chi connectivity index (χ1n) is 22.3. The van der Waals surface area contributed by atoms with E-state index in [-0.39, 0.29) is 0 Å². The van der Waals surface area contributed by atoms with Gasteiger partial charge in [0, 0.05) is 53.2 Å². The van der Waals surface area contributed by atoms with Gasteiger partial charge in [-0.25, -0.2) is 15.0 Å². The molecule has 3 aromatic heterocycles. The molecule has 0 amide bonds. The van der Waals surface area contributed by atoms with E-state index in [0.717, 1.165) is 66.1 Å². The quantitative estimate of drug-likeness (QED) is 0.162. The van der Waals surface area contributed by atoms with E-state index >= 15 is 0 Å². The average Bonchev–Trinajstić information content (AvgIpc) is 3.93. The van der Waals surface area contributed by atoms with Crippen LogP contribution in [0.1, 0.15) is 0 Å². The van der Waals surface area contributed by atoms with Gasteiger partial charge in [-0.15, -0.1) is 11.3 Å². The molecule has 66 heavy (non-hydrogen) atoms. The molecule has 0 saturated carbocycles. The first-order chi connectivity index (χ1) is 32.7. The number of hydrogen-bond acceptors (Lipinski definition) is 4. The van der Waals surface area contributed by atoms with Crippen molar-refractivity contribution >= 4 is 96.4 Å². The summed E-state index contributed by atoms with van der Waals surface area (Å²) in [5, 5.41) is 14.4. The highest BCUT2D eigenvalue weighted by molar-refractivity contribution is 7.26. The fourth-order valence-corrected chi connectivity index (χ4v) is 11.6. The van der Waals surface area contributed by atoms with Gasteiger partial charge in [-0.1, -0.05) is 170 Å². The number of benzene rings is 11. The van der Waals surface area contributed by atoms with Crippen LogP contribution < -0.4 is 0 Å². The lowest BCUT2D eigenvalue weighted by Crippen LogP contribution is -2.02. The van der Waals surface area contributed by atoms with E-state index in [0.29, 0.717) is 17.5 Å². The van der Waals surface area contributed by atoms with Crippen LogP contribution in [0.5, 0.6) is 0 Å². The highest BCUT2D eigenvalue weighted by Gasteiger charge is 2.23. The summed E-state index contributed by atoms with van der Waals surface area (Å²) in [6.07, 6.45) is 0. The third-order valence-electron chi connectivity index (χ3n) is 13.4. The lowest BCUT2D eigenvalue weighted by molar-refractivity contribution is 1.08. The van der Waals surface area contributed by atoms with Crippen molar-refractivity contribution < 1.29 is 0 Å². The molecule has 0 aliphatic rings. The molecule has 306 valence electrons. The highest BCUT2D eigenvalue weighted by atomic mass is 32.1. The zero-order chi connectivity index (χ0) is 43.3. The summed E-state index contributed by atoms with van der Waals surface area (Å²) in [5.74, 6) is 1.89. The van der Waals surface area contributed by atoms with Crippen LogP contribution in [0.3, 0.4) is 0 Å². The van der Waals surface area contributed by atoms with Crippen molar-refractivity contribution in [1.82, 2.24) is 19.5 Å². The van der Waals surface area contributed by atoms with Gasteiger partial charge in [0.15, 0.2) is 17.5 Å². The molecule has 3 heterocycles. The maximum Gasteiger partial charge on any atom is 0.165 e. The first kappa shape index (κ1) is 36.9. The molecule has 0 spiro atoms. The summed E-state index contributed by atoms with van der Waals surface area (Å²) in [6.45, 7) is 0. The predicted molar refractivity (Wildman–Crippen MR) is 279 cm³/mol. The smallest absolute Gasteiger partial charge is 0.165 e. The van der Waals surface area contributed by atoms with E-state index in [1.54, 1.807) is 0 Å². The average molecular weight is 857 g/mol. The van der Waals surface area contributed by atoms with Crippen LogP contribution in [-0.4, -0.2) is 19.5 Å². The molecule has 14 aromatic rings. The van der Waals surface area contributed by atoms with Crippen LogP contribution >= 0.6 is 11.3 Å². The van der Waals surface area contributed by atoms with Crippen molar-refractivity contribution in [3.63, 3.8) is 0 Å². The third-order valence-corrected chi connectivity index (χ3v) is 14.6. The molecule has 0 radical (unpaired) electrons. The van der Waals surface area contributed by atoms with Crippen molar-refractivity contribution in [1.29, 1.82) is 0 Å². The minimum absolute atomic E-state index is 0.616. The normalized spacial score (nSPS) is 11.9. The molecule has 0 aliphatic heterocycles. The lowest BCUT2D eigenvalue weighted by atomic mass is 9.95. The van der Waals surface area contributed by atoms with Crippen LogP contribution in [-0.2, 0) is 0 Å². The number of aromatic nitrogens is 4. The zero-order valence-corrected chi connectivity index (χ0v) is 36.3. The maximum atomic E-state index is 5.47. The van der Waals surface area contributed by atoms with Gasteiger partial charge in [0.2, 0.25) is 0 Å². The molecule has 0 N–H and O–H groups in total. The van der Waals surface area contributed by atoms with Gasteiger partial charge in [0.25, 0.3) is 0 Å². The van der Waals surface area contributed by atoms with Crippen molar-refractivity contribution in [2.75, 3.05) is 0 Å². The Hall–Kier alpha value is -8.51. The second-order valence-electron chi connectivity index (χ2n) is 17.1. The minimum atomic E-state index is 0.616. The molecule has 0 aliphatic carbocycles. The van der Waals surface area contributed by atoms with E-state index < -0.39 is 0 Å². The van der Waals surface area contributed by atoms with Crippen molar-refractivity contribution in [2.45, 2.75) is 0 Å². The first-order valence-corrected chi connectivity index (χ1v) is 23.2. The fraction of sp³-hybridized carbons (Fsp3) is 0. The molecular formula is C61H36N4S. The minimum Gasteiger partial charge on any atom is -0.309 e. The molecule has 0 unspecified atom stereocenters. The summed E-state index contributed by atoms with van der Waals surface area (Å²) < 4.78 is 5.02. The molecule has 5 heteroatoms. The lowest BCUT2D eigenvalue weighted by Gasteiger charge is -2.17. The molecule has 0 bridgehead atoms. The fourth-order valence-electron chi connectivity index (χ4n) is 10.4. The molecular weight excluding hydrogens is 821 g/mol. The Morgan fingerprint density at radius 2 is 0.955 bits per heavy atom. The largest absolute Gasteiger partial charge is 0.309 e. The van der Waals surface area contributed by atoms with Crippen LogP contribution in [0.15, 0.2) is 218 Å². The number of hydrogen-bond donors (Lipinski definition) is 0. The van der Waals surface area contributed by atoms with E-state index in [1.807, 2.05) is 29.5 Å². The Labute approximate surface area is 383 Å². The Kier molecular flexibility index (Phi) is 8.12. The molecule has 14 rings (SSSR count). The maximum absolute atomic E-state index is 5.47. The van der Waals surface area contributed by atoms with E-state index in [9.17, 15) is 0 Å². The van der Waals surface area contributed by atoms with Gasteiger partial charge in [0.05, 0.1) is 16.7 Å². The second-order valence-corrected chi connectivity index (χ2v) is 18.2. The van der Waals surface area contributed by atoms with Crippen LogP contribution in [0.4, 0.5) is 0 Å². The zero-order valence-electron chi connectivity index (χ0n) is 35.5. The van der Waals surface area contributed by atoms with Gasteiger partial charge in [-0.2, -0.15) is 0 Å². The number of thiophene rings is 1. The van der Waals surface area contributed by atoms with E-state index in [1.165, 1.54) is 52.5 Å². The molecule has 11 aromatic carbocycles. The number of rotatable bonds is 5. The third kappa shape index (κ3) is 5.67. The van der Waals surface area contributed by atoms with Crippen molar-refractivity contribution in [3.05, 3.63) is 218 Å². The van der Waals surface area contributed by atoms with Crippen molar-refractivity contribution in [3.8, 4) is 51.0 Å². The van der Waals surface area contributed by atoms with E-state index in [4.69, 9.17) is 15.0 Å². The SMILES string of the molecule is c1ccc(-c2nc(-c3ccc(-n4c5ccccc5c5cc6ccccc6cc54)c(-c4cccc5sc6c7ccccc7ccc6c45)c3)nc(-c3c4ccccc4cc4ccccc34)n2)cc1. The van der Waals surface area contributed by atoms with E-state index in [2.05, 4.69) is 205 Å². The topological polar surface area (TPSA) is 43.6 Å². The summed E-state index contributed by atoms with van der Waals surface area (Å²) in [4.78, 5) is 16.1. The number of para-hydroxylation sites is 1. The predicted octanol–water partition coefficient (Wildman–Crippen LogP) is 16.6. The summed E-state index contributed by atoms with van der Waals surface area (Å²) >= 11 is 1.87. The Morgan fingerprint density at radius 1 is 0.333 bits per heavy atom. The second kappa shape index (κ2) is 14.5. The molecule has 0 fully saturated rings. The molecule has 4 nitrogen and oxygen atoms in total. The van der Waals surface area contributed by atoms with Gasteiger partial charge >= 0.3 is 0 Å². The van der Waals surface area contributed by atoms with Gasteiger partial charge in [0.1, 0.15) is 0 Å². The van der Waals surface area contributed by atoms with Crippen LogP contribution in [0.25, 0.3) is 136 Å². The summed E-state index contributed by atoms with van der Waals surface area (Å²) in [5.41, 5.74) is 8.51. The van der Waals surface area contributed by atoms with Crippen molar-refractivity contribution in [2.24, 2.45) is 0 Å². The van der Waals surface area contributed by atoms with Gasteiger partial charge < -0.3 is 4.57 Å². The Morgan fingerprint density at radius 3 is 1.73 bits per heavy atom. The highest BCUT2D eigenvalue weighted by Crippen LogP contribution is 2.46. The summed E-state index contributed by atoms with van der Waals surface area (Å²) in [6, 6.07) is 78.7. The summed E-state index contributed by atoms with van der Waals surface area (Å²) in [7, 11) is 0. The van der Waals surface area contributed by atoms with Crippen LogP contribution in [0, 0.1) is 0 Å². The Balaban J connectivity index is 1.09. The Bertz CT molecular complexity index is 4240. The monoisotopic (exact) mass is 856 g/mol.